The van der Waals surface area contributed by atoms with E-state index in [4.69, 9.17) is 5.26 Å². The molecule has 1 N–H and O–H groups in total. The van der Waals surface area contributed by atoms with Crippen LogP contribution in [0.15, 0.2) is 18.3 Å². The van der Waals surface area contributed by atoms with Crippen LogP contribution in [0.25, 0.3) is 0 Å². The Hall–Kier alpha value is -1.60. The third kappa shape index (κ3) is 3.22. The van der Waals surface area contributed by atoms with Crippen molar-refractivity contribution in [3.05, 3.63) is 23.9 Å². The topological polar surface area (TPSA) is 60.2 Å². The van der Waals surface area contributed by atoms with E-state index in [1.165, 1.54) is 0 Å². The van der Waals surface area contributed by atoms with Crippen LogP contribution in [-0.4, -0.2) is 23.7 Å². The summed E-state index contributed by atoms with van der Waals surface area (Å²) in [6, 6.07) is 5.71. The minimum atomic E-state index is -0.490. The fraction of sp³-hybridized carbons (Fsp3) is 0.455. The van der Waals surface area contributed by atoms with Crippen molar-refractivity contribution in [1.29, 1.82) is 5.26 Å². The molecule has 15 heavy (non-hydrogen) atoms. The van der Waals surface area contributed by atoms with Gasteiger partial charge in [-0.2, -0.15) is 5.26 Å². The Kier molecular flexibility index (Phi) is 4.07. The van der Waals surface area contributed by atoms with E-state index in [1.54, 1.807) is 19.2 Å². The van der Waals surface area contributed by atoms with Crippen molar-refractivity contribution in [2.75, 3.05) is 18.5 Å². The molecule has 0 unspecified atom stereocenters. The number of anilines is 1. The number of rotatable bonds is 4. The number of hydrogen-bond donors (Lipinski definition) is 1. The van der Waals surface area contributed by atoms with Crippen LogP contribution in [0.1, 0.15) is 25.0 Å². The number of aliphatic hydroxyl groups excluding tert-OH is 1. The second-order valence-corrected chi connectivity index (χ2v) is 3.45. The molecule has 0 aliphatic carbocycles. The van der Waals surface area contributed by atoms with Crippen molar-refractivity contribution in [2.24, 2.45) is 0 Å². The van der Waals surface area contributed by atoms with Crippen LogP contribution in [0.4, 0.5) is 5.82 Å². The summed E-state index contributed by atoms with van der Waals surface area (Å²) in [5, 5.41) is 17.9. The molecule has 1 heterocycles. The van der Waals surface area contributed by atoms with Crippen molar-refractivity contribution in [3.63, 3.8) is 0 Å². The maximum absolute atomic E-state index is 9.41. The summed E-state index contributed by atoms with van der Waals surface area (Å²) in [4.78, 5) is 6.08. The maximum Gasteiger partial charge on any atom is 0.128 e. The van der Waals surface area contributed by atoms with E-state index in [-0.39, 0.29) is 0 Å². The van der Waals surface area contributed by atoms with E-state index < -0.39 is 6.10 Å². The molecule has 80 valence electrons. The van der Waals surface area contributed by atoms with Crippen LogP contribution in [0.3, 0.4) is 0 Å². The quantitative estimate of drug-likeness (QED) is 0.808. The van der Waals surface area contributed by atoms with Gasteiger partial charge in [-0.3, -0.25) is 0 Å². The summed E-state index contributed by atoms with van der Waals surface area (Å²) in [5.41, 5.74) is 0.837. The Morgan fingerprint density at radius 3 is 3.00 bits per heavy atom. The van der Waals surface area contributed by atoms with Crippen molar-refractivity contribution in [2.45, 2.75) is 19.4 Å². The van der Waals surface area contributed by atoms with E-state index in [9.17, 15) is 5.11 Å². The highest BCUT2D eigenvalue weighted by molar-refractivity contribution is 5.40. The van der Waals surface area contributed by atoms with Gasteiger partial charge in [0.2, 0.25) is 0 Å². The van der Waals surface area contributed by atoms with Gasteiger partial charge in [0.05, 0.1) is 18.6 Å². The molecular weight excluding hydrogens is 190 g/mol. The van der Waals surface area contributed by atoms with Crippen LogP contribution < -0.4 is 4.90 Å². The summed E-state index contributed by atoms with van der Waals surface area (Å²) in [5.74, 6) is 0.781. The average Bonchev–Trinajstić information content (AvgIpc) is 2.26. The predicted molar refractivity (Wildman–Crippen MR) is 58.4 cm³/mol. The van der Waals surface area contributed by atoms with Gasteiger partial charge in [-0.15, -0.1) is 0 Å². The van der Waals surface area contributed by atoms with Crippen LogP contribution >= 0.6 is 0 Å². The summed E-state index contributed by atoms with van der Waals surface area (Å²) >= 11 is 0. The van der Waals surface area contributed by atoms with E-state index in [0.717, 1.165) is 11.4 Å². The van der Waals surface area contributed by atoms with Gasteiger partial charge in [0.1, 0.15) is 5.82 Å². The molecule has 0 amide bonds. The van der Waals surface area contributed by atoms with Crippen LogP contribution in [0, 0.1) is 11.3 Å². The van der Waals surface area contributed by atoms with Crippen molar-refractivity contribution in [3.8, 4) is 6.07 Å². The molecule has 0 aliphatic heterocycles. The molecule has 0 aliphatic rings. The molecule has 0 spiro atoms. The molecule has 1 rings (SSSR count). The second kappa shape index (κ2) is 5.32. The van der Waals surface area contributed by atoms with Gasteiger partial charge in [-0.25, -0.2) is 4.98 Å². The molecule has 1 aromatic heterocycles. The minimum absolute atomic E-state index is 0.469. The Bertz CT molecular complexity index is 357. The standard InChI is InChI=1S/C11H15N3O/c1-9(15)10-4-6-13-11(8-10)14(2)7-3-5-12/h4,6,8-9,15H,3,7H2,1-2H3/t9-/m1/s1. The zero-order valence-electron chi connectivity index (χ0n) is 9.01. The van der Waals surface area contributed by atoms with Gasteiger partial charge >= 0.3 is 0 Å². The molecule has 0 saturated carbocycles. The first-order chi connectivity index (χ1) is 7.15. The third-order valence-electron chi connectivity index (χ3n) is 2.20. The number of nitriles is 1. The maximum atomic E-state index is 9.41. The molecule has 0 fully saturated rings. The van der Waals surface area contributed by atoms with Gasteiger partial charge in [0.25, 0.3) is 0 Å². The summed E-state index contributed by atoms with van der Waals surface area (Å²) in [6.45, 7) is 2.36. The number of hydrogen-bond acceptors (Lipinski definition) is 4. The largest absolute Gasteiger partial charge is 0.389 e. The van der Waals surface area contributed by atoms with Crippen molar-refractivity contribution < 1.29 is 5.11 Å². The summed E-state index contributed by atoms with van der Waals surface area (Å²) < 4.78 is 0. The van der Waals surface area contributed by atoms with Crippen LogP contribution in [-0.2, 0) is 0 Å². The van der Waals surface area contributed by atoms with Gasteiger partial charge in [0, 0.05) is 19.8 Å². The molecule has 1 atom stereocenters. The van der Waals surface area contributed by atoms with E-state index >= 15 is 0 Å². The first kappa shape index (κ1) is 11.5. The predicted octanol–water partition coefficient (Wildman–Crippen LogP) is 1.48. The van der Waals surface area contributed by atoms with Crippen molar-refractivity contribution >= 4 is 5.82 Å². The van der Waals surface area contributed by atoms with Gasteiger partial charge in [0.15, 0.2) is 0 Å². The van der Waals surface area contributed by atoms with E-state index in [1.807, 2.05) is 18.0 Å². The molecule has 4 heteroatoms. The van der Waals surface area contributed by atoms with E-state index in [0.29, 0.717) is 13.0 Å². The molecule has 0 saturated heterocycles. The van der Waals surface area contributed by atoms with Crippen molar-refractivity contribution in [1.82, 2.24) is 4.98 Å². The average molecular weight is 205 g/mol. The molecule has 4 nitrogen and oxygen atoms in total. The number of pyridine rings is 1. The fourth-order valence-corrected chi connectivity index (χ4v) is 1.24. The van der Waals surface area contributed by atoms with Gasteiger partial charge in [-0.1, -0.05) is 0 Å². The highest BCUT2D eigenvalue weighted by Crippen LogP contribution is 2.16. The smallest absolute Gasteiger partial charge is 0.128 e. The summed E-state index contributed by atoms with van der Waals surface area (Å²) in [7, 11) is 1.88. The Morgan fingerprint density at radius 1 is 1.67 bits per heavy atom. The number of aromatic nitrogens is 1. The molecule has 0 radical (unpaired) electrons. The Morgan fingerprint density at radius 2 is 2.40 bits per heavy atom. The lowest BCUT2D eigenvalue weighted by molar-refractivity contribution is 0.199. The lowest BCUT2D eigenvalue weighted by Crippen LogP contribution is -2.19. The summed E-state index contributed by atoms with van der Waals surface area (Å²) in [6.07, 6.45) is 1.65. The second-order valence-electron chi connectivity index (χ2n) is 3.45. The highest BCUT2D eigenvalue weighted by atomic mass is 16.3. The third-order valence-corrected chi connectivity index (χ3v) is 2.20. The monoisotopic (exact) mass is 205 g/mol. The number of nitrogens with zero attached hydrogens (tertiary/aromatic N) is 3. The van der Waals surface area contributed by atoms with Gasteiger partial charge in [-0.05, 0) is 24.6 Å². The van der Waals surface area contributed by atoms with E-state index in [2.05, 4.69) is 11.1 Å². The Labute approximate surface area is 89.8 Å². The molecule has 0 aromatic carbocycles. The van der Waals surface area contributed by atoms with Crippen LogP contribution in [0.5, 0.6) is 0 Å². The fourth-order valence-electron chi connectivity index (χ4n) is 1.24. The zero-order valence-corrected chi connectivity index (χ0v) is 9.01. The number of aliphatic hydroxyl groups is 1. The lowest BCUT2D eigenvalue weighted by Gasteiger charge is -2.17. The molecular formula is C11H15N3O. The normalized spacial score (nSPS) is 11.9. The highest BCUT2D eigenvalue weighted by Gasteiger charge is 2.05. The molecule has 1 aromatic rings. The first-order valence-corrected chi connectivity index (χ1v) is 4.87. The lowest BCUT2D eigenvalue weighted by atomic mass is 10.2. The Balaban J connectivity index is 2.77. The van der Waals surface area contributed by atoms with Crippen LogP contribution in [0.2, 0.25) is 0 Å². The molecule has 0 bridgehead atoms. The van der Waals surface area contributed by atoms with Gasteiger partial charge < -0.3 is 10.0 Å². The zero-order chi connectivity index (χ0) is 11.3. The first-order valence-electron chi connectivity index (χ1n) is 4.87. The SMILES string of the molecule is C[C@@H](O)c1ccnc(N(C)CCC#N)c1. The minimum Gasteiger partial charge on any atom is -0.389 e.